The maximum Gasteiger partial charge on any atom is 0.149 e. The van der Waals surface area contributed by atoms with Crippen molar-refractivity contribution in [2.45, 2.75) is 25.9 Å². The number of hydrogen-bond acceptors (Lipinski definition) is 3. The minimum Gasteiger partial charge on any atom is -0.378 e. The van der Waals surface area contributed by atoms with Crippen molar-refractivity contribution in [1.82, 2.24) is 5.32 Å². The fourth-order valence-electron chi connectivity index (χ4n) is 0.807. The molecule has 0 aromatic heterocycles. The van der Waals surface area contributed by atoms with E-state index in [1.807, 2.05) is 13.8 Å². The average Bonchev–Trinajstić information content (AvgIpc) is 1.87. The Bertz CT molecular complexity index is 132. The number of likely N-dealkylation sites (N-methyl/N-ethyl adjacent to an activating group) is 1. The Morgan fingerprint density at radius 3 is 2.45 bits per heavy atom. The maximum absolute atomic E-state index is 11.1. The largest absolute Gasteiger partial charge is 0.378 e. The molecule has 0 amide bonds. The third-order valence-electron chi connectivity index (χ3n) is 1.55. The molecule has 0 aromatic carbocycles. The molecule has 0 aromatic rings. The monoisotopic (exact) mass is 159 g/mol. The lowest BCUT2D eigenvalue weighted by molar-refractivity contribution is -0.123. The van der Waals surface area contributed by atoms with E-state index in [9.17, 15) is 4.79 Å². The molecule has 0 bridgehead atoms. The molecule has 0 heterocycles. The van der Waals surface area contributed by atoms with Crippen molar-refractivity contribution in [1.29, 1.82) is 0 Å². The topological polar surface area (TPSA) is 38.3 Å². The van der Waals surface area contributed by atoms with E-state index in [4.69, 9.17) is 4.74 Å². The van der Waals surface area contributed by atoms with Crippen molar-refractivity contribution in [3.05, 3.63) is 0 Å². The van der Waals surface area contributed by atoms with Gasteiger partial charge in [-0.05, 0) is 20.9 Å². The number of carbonyl (C=O) groups is 1. The van der Waals surface area contributed by atoms with Crippen molar-refractivity contribution in [2.75, 3.05) is 20.7 Å². The summed E-state index contributed by atoms with van der Waals surface area (Å²) in [6.45, 7) is 4.23. The van der Waals surface area contributed by atoms with E-state index in [1.165, 1.54) is 0 Å². The van der Waals surface area contributed by atoms with Crippen LogP contribution in [0, 0.1) is 0 Å². The number of Topliss-reactive ketones (excluding diaryl/α,β-unsaturated/α-hetero) is 1. The molecule has 0 aliphatic carbocycles. The number of hydrogen-bond donors (Lipinski definition) is 1. The molecular formula is C8H17NO2. The van der Waals surface area contributed by atoms with E-state index in [1.54, 1.807) is 14.2 Å². The summed E-state index contributed by atoms with van der Waals surface area (Å²) >= 11 is 0. The van der Waals surface area contributed by atoms with Crippen molar-refractivity contribution in [2.24, 2.45) is 0 Å². The number of rotatable bonds is 5. The summed E-state index contributed by atoms with van der Waals surface area (Å²) in [5, 5.41) is 2.81. The number of ketones is 1. The Labute approximate surface area is 68.1 Å². The van der Waals surface area contributed by atoms with Gasteiger partial charge in [-0.1, -0.05) is 0 Å². The van der Waals surface area contributed by atoms with Crippen LogP contribution in [0.1, 0.15) is 20.3 Å². The molecule has 11 heavy (non-hydrogen) atoms. The van der Waals surface area contributed by atoms with Crippen molar-refractivity contribution >= 4 is 5.78 Å². The van der Waals surface area contributed by atoms with E-state index < -0.39 is 0 Å². The second kappa shape index (κ2) is 4.46. The minimum absolute atomic E-state index is 0.180. The molecular weight excluding hydrogens is 142 g/mol. The van der Waals surface area contributed by atoms with Crippen LogP contribution in [0.25, 0.3) is 0 Å². The molecule has 1 N–H and O–H groups in total. The van der Waals surface area contributed by atoms with E-state index in [2.05, 4.69) is 5.32 Å². The van der Waals surface area contributed by atoms with Gasteiger partial charge in [-0.3, -0.25) is 4.79 Å². The Morgan fingerprint density at radius 2 is 2.09 bits per heavy atom. The molecule has 0 spiro atoms. The van der Waals surface area contributed by atoms with E-state index >= 15 is 0 Å². The predicted octanol–water partition coefficient (Wildman–Crippen LogP) is 0.590. The third kappa shape index (κ3) is 4.93. The van der Waals surface area contributed by atoms with Crippen molar-refractivity contribution in [3.63, 3.8) is 0 Å². The third-order valence-corrected chi connectivity index (χ3v) is 1.55. The average molecular weight is 159 g/mol. The lowest BCUT2D eigenvalue weighted by Gasteiger charge is -2.21. The first-order chi connectivity index (χ1) is 5.02. The zero-order valence-electron chi connectivity index (χ0n) is 7.73. The van der Waals surface area contributed by atoms with Gasteiger partial charge >= 0.3 is 0 Å². The first kappa shape index (κ1) is 10.6. The lowest BCUT2D eigenvalue weighted by atomic mass is 10.0. The molecule has 0 aliphatic heterocycles. The predicted molar refractivity (Wildman–Crippen MR) is 44.6 cm³/mol. The first-order valence-corrected chi connectivity index (χ1v) is 3.73. The van der Waals surface area contributed by atoms with Crippen LogP contribution in [0.15, 0.2) is 0 Å². The molecule has 0 atom stereocenters. The van der Waals surface area contributed by atoms with Gasteiger partial charge in [0, 0.05) is 13.5 Å². The summed E-state index contributed by atoms with van der Waals surface area (Å²) in [5.41, 5.74) is -0.325. The highest BCUT2D eigenvalue weighted by Gasteiger charge is 2.19. The summed E-state index contributed by atoms with van der Waals surface area (Å²) in [6, 6.07) is 0. The fourth-order valence-corrected chi connectivity index (χ4v) is 0.807. The second-order valence-corrected chi connectivity index (χ2v) is 3.21. The van der Waals surface area contributed by atoms with Gasteiger partial charge in [0.05, 0.1) is 12.1 Å². The number of ether oxygens (including phenoxy) is 1. The lowest BCUT2D eigenvalue weighted by Crippen LogP contribution is -2.30. The highest BCUT2D eigenvalue weighted by Crippen LogP contribution is 2.12. The van der Waals surface area contributed by atoms with Gasteiger partial charge in [-0.25, -0.2) is 0 Å². The van der Waals surface area contributed by atoms with Crippen LogP contribution >= 0.6 is 0 Å². The van der Waals surface area contributed by atoms with Crippen LogP contribution in [0.2, 0.25) is 0 Å². The Kier molecular flexibility index (Phi) is 4.30. The van der Waals surface area contributed by atoms with Crippen LogP contribution < -0.4 is 5.32 Å². The summed E-state index contributed by atoms with van der Waals surface area (Å²) in [4.78, 5) is 11.1. The van der Waals surface area contributed by atoms with E-state index in [-0.39, 0.29) is 11.4 Å². The zero-order valence-corrected chi connectivity index (χ0v) is 7.73. The Morgan fingerprint density at radius 1 is 1.55 bits per heavy atom. The van der Waals surface area contributed by atoms with Crippen LogP contribution in [0.5, 0.6) is 0 Å². The van der Waals surface area contributed by atoms with Gasteiger partial charge in [0.1, 0.15) is 5.78 Å². The molecule has 0 fully saturated rings. The van der Waals surface area contributed by atoms with Crippen LogP contribution in [-0.2, 0) is 9.53 Å². The zero-order chi connectivity index (χ0) is 8.91. The smallest absolute Gasteiger partial charge is 0.149 e. The number of methoxy groups -OCH3 is 1. The highest BCUT2D eigenvalue weighted by atomic mass is 16.5. The molecule has 0 unspecified atom stereocenters. The summed E-state index contributed by atoms with van der Waals surface area (Å²) in [6.07, 6.45) is 0.463. The van der Waals surface area contributed by atoms with Crippen molar-refractivity contribution in [3.8, 4) is 0 Å². The fraction of sp³-hybridized carbons (Fsp3) is 0.875. The maximum atomic E-state index is 11.1. The number of nitrogens with one attached hydrogen (secondary N) is 1. The molecule has 0 radical (unpaired) electrons. The van der Waals surface area contributed by atoms with Gasteiger partial charge in [0.15, 0.2) is 0 Å². The summed E-state index contributed by atoms with van der Waals surface area (Å²) < 4.78 is 5.11. The van der Waals surface area contributed by atoms with Gasteiger partial charge < -0.3 is 10.1 Å². The van der Waals surface area contributed by atoms with E-state index in [0.717, 1.165) is 0 Å². The van der Waals surface area contributed by atoms with Crippen LogP contribution in [0.4, 0.5) is 0 Å². The van der Waals surface area contributed by atoms with Crippen LogP contribution in [0.3, 0.4) is 0 Å². The molecule has 0 rings (SSSR count). The first-order valence-electron chi connectivity index (χ1n) is 3.73. The highest BCUT2D eigenvalue weighted by molar-refractivity contribution is 5.81. The molecule has 0 aliphatic rings. The SMILES string of the molecule is CNCC(=O)CC(C)(C)OC. The van der Waals surface area contributed by atoms with Gasteiger partial charge in [-0.2, -0.15) is 0 Å². The Hall–Kier alpha value is -0.410. The molecule has 0 saturated heterocycles. The molecule has 66 valence electrons. The van der Waals surface area contributed by atoms with E-state index in [0.29, 0.717) is 13.0 Å². The summed E-state index contributed by atoms with van der Waals surface area (Å²) in [7, 11) is 3.38. The Balaban J connectivity index is 3.74. The van der Waals surface area contributed by atoms with Gasteiger partial charge in [-0.15, -0.1) is 0 Å². The number of carbonyl (C=O) groups excluding carboxylic acids is 1. The van der Waals surface area contributed by atoms with Gasteiger partial charge in [0.25, 0.3) is 0 Å². The second-order valence-electron chi connectivity index (χ2n) is 3.21. The van der Waals surface area contributed by atoms with Crippen LogP contribution in [-0.4, -0.2) is 32.1 Å². The van der Waals surface area contributed by atoms with Crippen molar-refractivity contribution < 1.29 is 9.53 Å². The quantitative estimate of drug-likeness (QED) is 0.638. The summed E-state index contributed by atoms with van der Waals surface area (Å²) in [5.74, 6) is 0.180. The molecule has 3 nitrogen and oxygen atoms in total. The minimum atomic E-state index is -0.325. The molecule has 3 heteroatoms. The molecule has 0 saturated carbocycles. The normalized spacial score (nSPS) is 11.6. The standard InChI is InChI=1S/C8H17NO2/c1-8(2,11-4)5-7(10)6-9-3/h9H,5-6H2,1-4H3. The van der Waals surface area contributed by atoms with Gasteiger partial charge in [0.2, 0.25) is 0 Å².